The standard InChI is InChI=1S/C11H16FNO2S/c1-8(2)11(13)7-16(14,15)10-5-3-4-9(12)6-10/h3-6,8,11H,7,13H2,1-2H3. The van der Waals surface area contributed by atoms with Crippen molar-refractivity contribution in [1.82, 2.24) is 0 Å². The van der Waals surface area contributed by atoms with Crippen LogP contribution in [0.1, 0.15) is 13.8 Å². The fourth-order valence-electron chi connectivity index (χ4n) is 1.20. The molecular formula is C11H16FNO2S. The van der Waals surface area contributed by atoms with Crippen LogP contribution in [-0.4, -0.2) is 20.2 Å². The summed E-state index contributed by atoms with van der Waals surface area (Å²) in [6.45, 7) is 3.71. The van der Waals surface area contributed by atoms with E-state index in [4.69, 9.17) is 5.73 Å². The van der Waals surface area contributed by atoms with E-state index in [2.05, 4.69) is 0 Å². The number of hydrogen-bond donors (Lipinski definition) is 1. The fraction of sp³-hybridized carbons (Fsp3) is 0.455. The van der Waals surface area contributed by atoms with Gasteiger partial charge >= 0.3 is 0 Å². The van der Waals surface area contributed by atoms with Crippen molar-refractivity contribution in [2.75, 3.05) is 5.75 Å². The Morgan fingerprint density at radius 1 is 1.38 bits per heavy atom. The Morgan fingerprint density at radius 3 is 2.50 bits per heavy atom. The van der Waals surface area contributed by atoms with Crippen LogP contribution in [0, 0.1) is 11.7 Å². The molecule has 5 heteroatoms. The maximum absolute atomic E-state index is 12.9. The first kappa shape index (κ1) is 13.1. The molecule has 1 aromatic rings. The van der Waals surface area contributed by atoms with E-state index in [1.807, 2.05) is 13.8 Å². The number of rotatable bonds is 4. The Hall–Kier alpha value is -0.940. The smallest absolute Gasteiger partial charge is 0.180 e. The normalized spacial score (nSPS) is 14.1. The molecule has 0 amide bonds. The molecule has 0 heterocycles. The molecular weight excluding hydrogens is 229 g/mol. The van der Waals surface area contributed by atoms with Crippen LogP contribution in [0.3, 0.4) is 0 Å². The van der Waals surface area contributed by atoms with Crippen molar-refractivity contribution < 1.29 is 12.8 Å². The number of halogens is 1. The summed E-state index contributed by atoms with van der Waals surface area (Å²) in [5, 5.41) is 0. The monoisotopic (exact) mass is 245 g/mol. The van der Waals surface area contributed by atoms with Gasteiger partial charge in [-0.2, -0.15) is 0 Å². The van der Waals surface area contributed by atoms with Crippen molar-refractivity contribution in [2.24, 2.45) is 11.7 Å². The minimum Gasteiger partial charge on any atom is -0.327 e. The summed E-state index contributed by atoms with van der Waals surface area (Å²) in [6.07, 6.45) is 0. The Labute approximate surface area is 95.4 Å². The van der Waals surface area contributed by atoms with E-state index in [9.17, 15) is 12.8 Å². The second-order valence-electron chi connectivity index (χ2n) is 4.15. The maximum atomic E-state index is 12.9. The Kier molecular flexibility index (Phi) is 4.04. The molecule has 1 unspecified atom stereocenters. The summed E-state index contributed by atoms with van der Waals surface area (Å²) in [7, 11) is -3.49. The van der Waals surface area contributed by atoms with Crippen molar-refractivity contribution >= 4 is 9.84 Å². The third-order valence-corrected chi connectivity index (χ3v) is 4.22. The van der Waals surface area contributed by atoms with Crippen molar-refractivity contribution in [3.8, 4) is 0 Å². The maximum Gasteiger partial charge on any atom is 0.180 e. The van der Waals surface area contributed by atoms with Gasteiger partial charge in [0.15, 0.2) is 9.84 Å². The van der Waals surface area contributed by atoms with Crippen LogP contribution in [0.2, 0.25) is 0 Å². The first-order chi connectivity index (χ1) is 7.33. The van der Waals surface area contributed by atoms with Crippen molar-refractivity contribution in [2.45, 2.75) is 24.8 Å². The van der Waals surface area contributed by atoms with Crippen LogP contribution in [-0.2, 0) is 9.84 Å². The molecule has 90 valence electrons. The molecule has 0 aliphatic heterocycles. The molecule has 1 aromatic carbocycles. The minimum atomic E-state index is -3.49. The molecule has 0 saturated heterocycles. The second-order valence-corrected chi connectivity index (χ2v) is 6.18. The van der Waals surface area contributed by atoms with Gasteiger partial charge < -0.3 is 5.73 Å². The molecule has 1 rings (SSSR count). The van der Waals surface area contributed by atoms with Gasteiger partial charge in [0, 0.05) is 6.04 Å². The molecule has 2 N–H and O–H groups in total. The van der Waals surface area contributed by atoms with Crippen LogP contribution in [0.4, 0.5) is 4.39 Å². The first-order valence-corrected chi connectivity index (χ1v) is 6.72. The average molecular weight is 245 g/mol. The quantitative estimate of drug-likeness (QED) is 0.876. The summed E-state index contributed by atoms with van der Waals surface area (Å²) < 4.78 is 36.6. The molecule has 0 aliphatic carbocycles. The van der Waals surface area contributed by atoms with Crippen molar-refractivity contribution in [1.29, 1.82) is 0 Å². The average Bonchev–Trinajstić information content (AvgIpc) is 2.17. The van der Waals surface area contributed by atoms with Crippen LogP contribution in [0.25, 0.3) is 0 Å². The van der Waals surface area contributed by atoms with Crippen LogP contribution < -0.4 is 5.73 Å². The number of hydrogen-bond acceptors (Lipinski definition) is 3. The zero-order valence-corrected chi connectivity index (χ0v) is 10.2. The third kappa shape index (κ3) is 3.28. The van der Waals surface area contributed by atoms with Gasteiger partial charge in [0.2, 0.25) is 0 Å². The molecule has 0 aliphatic rings. The van der Waals surface area contributed by atoms with Crippen LogP contribution >= 0.6 is 0 Å². The van der Waals surface area contributed by atoms with E-state index >= 15 is 0 Å². The topological polar surface area (TPSA) is 60.2 Å². The fourth-order valence-corrected chi connectivity index (χ4v) is 2.86. The highest BCUT2D eigenvalue weighted by Crippen LogP contribution is 2.14. The van der Waals surface area contributed by atoms with E-state index < -0.39 is 21.7 Å². The molecule has 0 saturated carbocycles. The summed E-state index contributed by atoms with van der Waals surface area (Å²) in [6, 6.07) is 4.55. The minimum absolute atomic E-state index is 0.0106. The van der Waals surface area contributed by atoms with Gasteiger partial charge in [-0.05, 0) is 24.1 Å². The molecule has 3 nitrogen and oxygen atoms in total. The second kappa shape index (κ2) is 4.93. The molecule has 0 fully saturated rings. The molecule has 0 radical (unpaired) electrons. The zero-order valence-electron chi connectivity index (χ0n) is 9.35. The summed E-state index contributed by atoms with van der Waals surface area (Å²) >= 11 is 0. The molecule has 1 atom stereocenters. The third-order valence-electron chi connectivity index (χ3n) is 2.42. The van der Waals surface area contributed by atoms with E-state index in [0.29, 0.717) is 0 Å². The van der Waals surface area contributed by atoms with E-state index in [-0.39, 0.29) is 16.6 Å². The van der Waals surface area contributed by atoms with E-state index in [1.165, 1.54) is 18.2 Å². The van der Waals surface area contributed by atoms with Gasteiger partial charge in [-0.25, -0.2) is 12.8 Å². The van der Waals surface area contributed by atoms with Gasteiger partial charge in [0.1, 0.15) is 5.82 Å². The van der Waals surface area contributed by atoms with Crippen molar-refractivity contribution in [3.05, 3.63) is 30.1 Å². The lowest BCUT2D eigenvalue weighted by molar-refractivity contribution is 0.516. The van der Waals surface area contributed by atoms with Gasteiger partial charge in [-0.1, -0.05) is 19.9 Å². The lowest BCUT2D eigenvalue weighted by Crippen LogP contribution is -2.34. The number of sulfone groups is 1. The first-order valence-electron chi connectivity index (χ1n) is 5.07. The lowest BCUT2D eigenvalue weighted by atomic mass is 10.1. The summed E-state index contributed by atoms with van der Waals surface area (Å²) in [5.41, 5.74) is 5.71. The zero-order chi connectivity index (χ0) is 12.3. The van der Waals surface area contributed by atoms with E-state index in [0.717, 1.165) is 6.07 Å². The predicted octanol–water partition coefficient (Wildman–Crippen LogP) is 1.58. The Morgan fingerprint density at radius 2 is 2.00 bits per heavy atom. The van der Waals surface area contributed by atoms with E-state index in [1.54, 1.807) is 0 Å². The highest BCUT2D eigenvalue weighted by molar-refractivity contribution is 7.91. The molecule has 0 spiro atoms. The predicted molar refractivity (Wildman–Crippen MR) is 61.3 cm³/mol. The summed E-state index contributed by atoms with van der Waals surface area (Å²) in [5.74, 6) is -0.642. The largest absolute Gasteiger partial charge is 0.327 e. The van der Waals surface area contributed by atoms with Gasteiger partial charge in [0.25, 0.3) is 0 Å². The molecule has 0 bridgehead atoms. The molecule has 16 heavy (non-hydrogen) atoms. The van der Waals surface area contributed by atoms with Crippen LogP contribution in [0.5, 0.6) is 0 Å². The van der Waals surface area contributed by atoms with Gasteiger partial charge in [-0.3, -0.25) is 0 Å². The number of nitrogens with two attached hydrogens (primary N) is 1. The summed E-state index contributed by atoms with van der Waals surface area (Å²) in [4.78, 5) is -0.0106. The van der Waals surface area contributed by atoms with Gasteiger partial charge in [0.05, 0.1) is 10.6 Å². The Balaban J connectivity index is 2.95. The highest BCUT2D eigenvalue weighted by Gasteiger charge is 2.21. The molecule has 0 aromatic heterocycles. The van der Waals surface area contributed by atoms with Crippen LogP contribution in [0.15, 0.2) is 29.2 Å². The highest BCUT2D eigenvalue weighted by atomic mass is 32.2. The van der Waals surface area contributed by atoms with Gasteiger partial charge in [-0.15, -0.1) is 0 Å². The number of benzene rings is 1. The lowest BCUT2D eigenvalue weighted by Gasteiger charge is -2.15. The Bertz CT molecular complexity index is 457. The SMILES string of the molecule is CC(C)C(N)CS(=O)(=O)c1cccc(F)c1. The van der Waals surface area contributed by atoms with Crippen molar-refractivity contribution in [3.63, 3.8) is 0 Å².